The summed E-state index contributed by atoms with van der Waals surface area (Å²) in [7, 11) is 4.70. The van der Waals surface area contributed by atoms with Gasteiger partial charge in [0.25, 0.3) is 5.91 Å². The van der Waals surface area contributed by atoms with Gasteiger partial charge in [0, 0.05) is 13.1 Å². The molecule has 1 heterocycles. The van der Waals surface area contributed by atoms with Gasteiger partial charge in [-0.1, -0.05) is 18.2 Å². The molecule has 0 aliphatic carbocycles. The van der Waals surface area contributed by atoms with Crippen molar-refractivity contribution < 1.29 is 33.3 Å². The van der Waals surface area contributed by atoms with Crippen LogP contribution in [-0.2, 0) is 27.3 Å². The number of rotatable bonds is 9. The third-order valence-electron chi connectivity index (χ3n) is 5.32. The van der Waals surface area contributed by atoms with Crippen LogP contribution in [-0.4, -0.2) is 57.9 Å². The number of methoxy groups -OCH3 is 3. The molecule has 0 bridgehead atoms. The Morgan fingerprint density at radius 3 is 2.24 bits per heavy atom. The molecule has 0 N–H and O–H groups in total. The van der Waals surface area contributed by atoms with E-state index < -0.39 is 5.97 Å². The first-order valence-electron chi connectivity index (χ1n) is 10.6. The summed E-state index contributed by atoms with van der Waals surface area (Å²) in [4.78, 5) is 26.4. The van der Waals surface area contributed by atoms with Crippen molar-refractivity contribution in [3.8, 4) is 23.0 Å². The zero-order chi connectivity index (χ0) is 23.8. The molecule has 8 heteroatoms. The summed E-state index contributed by atoms with van der Waals surface area (Å²) in [5, 5.41) is 0. The molecule has 0 radical (unpaired) electrons. The smallest absolute Gasteiger partial charge is 0.344 e. The Balaban J connectivity index is 1.51. The van der Waals surface area contributed by atoms with Crippen molar-refractivity contribution in [3.05, 3.63) is 53.1 Å². The number of carbonyl (C=O) groups is 2. The van der Waals surface area contributed by atoms with E-state index in [2.05, 4.69) is 0 Å². The van der Waals surface area contributed by atoms with Crippen molar-refractivity contribution in [1.82, 2.24) is 4.90 Å². The maximum Gasteiger partial charge on any atom is 0.344 e. The Morgan fingerprint density at radius 2 is 1.58 bits per heavy atom. The van der Waals surface area contributed by atoms with Crippen molar-refractivity contribution in [2.75, 3.05) is 41.1 Å². The molecule has 2 aromatic carbocycles. The molecule has 3 rings (SSSR count). The van der Waals surface area contributed by atoms with Crippen molar-refractivity contribution in [2.24, 2.45) is 0 Å². The highest BCUT2D eigenvalue weighted by molar-refractivity contribution is 5.81. The fraction of sp³-hybridized carbons (Fsp3) is 0.360. The number of hydrogen-bond acceptors (Lipinski definition) is 7. The van der Waals surface area contributed by atoms with Crippen LogP contribution in [0, 0.1) is 0 Å². The molecule has 1 amide bonds. The van der Waals surface area contributed by atoms with Crippen LogP contribution in [0.3, 0.4) is 0 Å². The first-order valence-corrected chi connectivity index (χ1v) is 10.6. The van der Waals surface area contributed by atoms with E-state index in [4.69, 9.17) is 23.7 Å². The van der Waals surface area contributed by atoms with Crippen LogP contribution in [0.1, 0.15) is 23.6 Å². The van der Waals surface area contributed by atoms with E-state index in [1.54, 1.807) is 25.2 Å². The van der Waals surface area contributed by atoms with Gasteiger partial charge in [-0.3, -0.25) is 4.79 Å². The summed E-state index contributed by atoms with van der Waals surface area (Å²) >= 11 is 0. The lowest BCUT2D eigenvalue weighted by Gasteiger charge is -2.29. The number of benzene rings is 2. The Kier molecular flexibility index (Phi) is 8.18. The molecule has 0 saturated heterocycles. The van der Waals surface area contributed by atoms with E-state index >= 15 is 0 Å². The molecule has 0 unspecified atom stereocenters. The third-order valence-corrected chi connectivity index (χ3v) is 5.32. The summed E-state index contributed by atoms with van der Waals surface area (Å²) in [6.07, 6.45) is 4.53. The summed E-state index contributed by atoms with van der Waals surface area (Å²) in [6.45, 7) is 2.20. The first kappa shape index (κ1) is 24.0. The fourth-order valence-electron chi connectivity index (χ4n) is 3.61. The molecule has 2 aromatic rings. The van der Waals surface area contributed by atoms with Crippen molar-refractivity contribution in [1.29, 1.82) is 0 Å². The van der Waals surface area contributed by atoms with Gasteiger partial charge in [-0.05, 0) is 54.3 Å². The number of fused-ring (bicyclic) bond motifs is 1. The molecule has 1 aliphatic rings. The topological polar surface area (TPSA) is 83.5 Å². The van der Waals surface area contributed by atoms with E-state index in [0.717, 1.165) is 16.7 Å². The summed E-state index contributed by atoms with van der Waals surface area (Å²) in [5.41, 5.74) is 3.04. The standard InChI is InChI=1S/C25H29NO7/c1-5-6-17-7-8-20(21(11-17)29-2)32-16-25(28)33-15-24(27)26-10-9-18-12-22(30-3)23(31-4)13-19(18)14-26/h5-8,11-13H,9-10,14-16H2,1-4H3/b6-5+. The van der Waals surface area contributed by atoms with Crippen molar-refractivity contribution in [2.45, 2.75) is 19.9 Å². The minimum absolute atomic E-state index is 0.267. The Morgan fingerprint density at radius 1 is 0.909 bits per heavy atom. The van der Waals surface area contributed by atoms with Crippen LogP contribution in [0.15, 0.2) is 36.4 Å². The lowest BCUT2D eigenvalue weighted by molar-refractivity contribution is -0.154. The van der Waals surface area contributed by atoms with E-state index in [9.17, 15) is 9.59 Å². The number of amides is 1. The third kappa shape index (κ3) is 5.97. The average Bonchev–Trinajstić information content (AvgIpc) is 2.85. The Bertz CT molecular complexity index is 1030. The van der Waals surface area contributed by atoms with Crippen LogP contribution in [0.2, 0.25) is 0 Å². The normalized spacial score (nSPS) is 12.8. The molecule has 33 heavy (non-hydrogen) atoms. The maximum absolute atomic E-state index is 12.6. The molecule has 0 aromatic heterocycles. The number of allylic oxidation sites excluding steroid dienone is 1. The Labute approximate surface area is 193 Å². The monoisotopic (exact) mass is 455 g/mol. The maximum atomic E-state index is 12.6. The number of nitrogens with zero attached hydrogens (tertiary/aromatic N) is 1. The highest BCUT2D eigenvalue weighted by Gasteiger charge is 2.23. The second kappa shape index (κ2) is 11.3. The lowest BCUT2D eigenvalue weighted by Crippen LogP contribution is -2.39. The molecular weight excluding hydrogens is 426 g/mol. The first-order chi connectivity index (χ1) is 16.0. The van der Waals surface area contributed by atoms with Crippen molar-refractivity contribution >= 4 is 18.0 Å². The van der Waals surface area contributed by atoms with Gasteiger partial charge in [-0.15, -0.1) is 0 Å². The van der Waals surface area contributed by atoms with Gasteiger partial charge in [0.15, 0.2) is 36.2 Å². The largest absolute Gasteiger partial charge is 0.493 e. The van der Waals surface area contributed by atoms with E-state index in [1.807, 2.05) is 43.3 Å². The zero-order valence-corrected chi connectivity index (χ0v) is 19.4. The van der Waals surface area contributed by atoms with Gasteiger partial charge in [0.1, 0.15) is 0 Å². The molecule has 0 atom stereocenters. The average molecular weight is 456 g/mol. The molecule has 0 saturated carbocycles. The predicted octanol–water partition coefficient (Wildman–Crippen LogP) is 3.25. The number of ether oxygens (including phenoxy) is 5. The zero-order valence-electron chi connectivity index (χ0n) is 19.4. The molecule has 176 valence electrons. The Hall–Kier alpha value is -3.68. The minimum atomic E-state index is -0.633. The summed E-state index contributed by atoms with van der Waals surface area (Å²) in [5.74, 6) is 1.31. The van der Waals surface area contributed by atoms with Crippen LogP contribution in [0.5, 0.6) is 23.0 Å². The molecule has 1 aliphatic heterocycles. The van der Waals surface area contributed by atoms with Crippen LogP contribution in [0.25, 0.3) is 6.08 Å². The molecule has 0 fully saturated rings. The highest BCUT2D eigenvalue weighted by atomic mass is 16.6. The lowest BCUT2D eigenvalue weighted by atomic mass is 9.99. The second-order valence-corrected chi connectivity index (χ2v) is 7.40. The van der Waals surface area contributed by atoms with Crippen LogP contribution < -0.4 is 18.9 Å². The highest BCUT2D eigenvalue weighted by Crippen LogP contribution is 2.33. The van der Waals surface area contributed by atoms with Crippen LogP contribution >= 0.6 is 0 Å². The van der Waals surface area contributed by atoms with Gasteiger partial charge in [-0.2, -0.15) is 0 Å². The van der Waals surface area contributed by atoms with E-state index in [0.29, 0.717) is 42.5 Å². The SMILES string of the molecule is C/C=C/c1ccc(OCC(=O)OCC(=O)N2CCc3cc(OC)c(OC)cc3C2)c(OC)c1. The fourth-order valence-corrected chi connectivity index (χ4v) is 3.61. The van der Waals surface area contributed by atoms with E-state index in [-0.39, 0.29) is 19.1 Å². The van der Waals surface area contributed by atoms with Gasteiger partial charge in [-0.25, -0.2) is 4.79 Å². The molecule has 8 nitrogen and oxygen atoms in total. The van der Waals surface area contributed by atoms with Gasteiger partial charge < -0.3 is 28.6 Å². The van der Waals surface area contributed by atoms with Crippen LogP contribution in [0.4, 0.5) is 0 Å². The summed E-state index contributed by atoms with van der Waals surface area (Å²) in [6, 6.07) is 9.20. The van der Waals surface area contributed by atoms with Crippen molar-refractivity contribution in [3.63, 3.8) is 0 Å². The summed E-state index contributed by atoms with van der Waals surface area (Å²) < 4.78 is 26.7. The van der Waals surface area contributed by atoms with Gasteiger partial charge in [0.2, 0.25) is 0 Å². The number of hydrogen-bond donors (Lipinski definition) is 0. The molecule has 0 spiro atoms. The van der Waals surface area contributed by atoms with Gasteiger partial charge in [0.05, 0.1) is 21.3 Å². The second-order valence-electron chi connectivity index (χ2n) is 7.40. The molecular formula is C25H29NO7. The number of esters is 1. The number of carbonyl (C=O) groups excluding carboxylic acids is 2. The minimum Gasteiger partial charge on any atom is -0.493 e. The predicted molar refractivity (Wildman–Crippen MR) is 123 cm³/mol. The van der Waals surface area contributed by atoms with Gasteiger partial charge >= 0.3 is 5.97 Å². The van der Waals surface area contributed by atoms with E-state index in [1.165, 1.54) is 7.11 Å². The quantitative estimate of drug-likeness (QED) is 0.537.